The molecule has 5 nitrogen and oxygen atoms in total. The van der Waals surface area contributed by atoms with E-state index in [1.54, 1.807) is 7.11 Å². The number of nitrogens with one attached hydrogen (secondary N) is 1. The van der Waals surface area contributed by atoms with Crippen molar-refractivity contribution in [3.63, 3.8) is 0 Å². The fourth-order valence-electron chi connectivity index (χ4n) is 2.96. The molecule has 0 spiro atoms. The molecule has 2 rings (SSSR count). The number of hydrogen-bond donors (Lipinski definition) is 1. The zero-order valence-electron chi connectivity index (χ0n) is 13.1. The van der Waals surface area contributed by atoms with Crippen LogP contribution in [0.15, 0.2) is 6.20 Å². The van der Waals surface area contributed by atoms with E-state index in [0.717, 1.165) is 56.8 Å². The summed E-state index contributed by atoms with van der Waals surface area (Å²) < 4.78 is 7.43. The summed E-state index contributed by atoms with van der Waals surface area (Å²) in [5, 5.41) is 3.29. The van der Waals surface area contributed by atoms with E-state index < -0.39 is 0 Å². The second-order valence-corrected chi connectivity index (χ2v) is 5.71. The molecule has 1 aromatic heterocycles. The Labute approximate surface area is 122 Å². The Kier molecular flexibility index (Phi) is 5.86. The fraction of sp³-hybridized carbons (Fsp3) is 0.800. The molecule has 0 atom stereocenters. The summed E-state index contributed by atoms with van der Waals surface area (Å²) in [6.45, 7) is 7.24. The number of piperidine rings is 1. The van der Waals surface area contributed by atoms with E-state index in [-0.39, 0.29) is 0 Å². The van der Waals surface area contributed by atoms with Crippen LogP contribution in [-0.2, 0) is 11.3 Å². The van der Waals surface area contributed by atoms with Gasteiger partial charge in [-0.25, -0.2) is 4.98 Å². The van der Waals surface area contributed by atoms with Crippen LogP contribution in [0.5, 0.6) is 0 Å². The summed E-state index contributed by atoms with van der Waals surface area (Å²) >= 11 is 0. The van der Waals surface area contributed by atoms with Gasteiger partial charge in [0.1, 0.15) is 0 Å². The monoisotopic (exact) mass is 280 g/mol. The van der Waals surface area contributed by atoms with Crippen LogP contribution in [0.3, 0.4) is 0 Å². The minimum Gasteiger partial charge on any atom is -0.385 e. The molecule has 1 N–H and O–H groups in total. The standard InChI is InChI=1S/C15H28N4O/c1-13-12-19(7-4-10-20-3)15(17-13)18-8-5-14(6-9-18)11-16-2/h12,14,16H,4-11H2,1-3H3. The summed E-state index contributed by atoms with van der Waals surface area (Å²) in [7, 11) is 3.80. The summed E-state index contributed by atoms with van der Waals surface area (Å²) in [6, 6.07) is 0. The highest BCUT2D eigenvalue weighted by atomic mass is 16.5. The number of nitrogens with zero attached hydrogens (tertiary/aromatic N) is 3. The zero-order valence-corrected chi connectivity index (χ0v) is 13.1. The van der Waals surface area contributed by atoms with Crippen LogP contribution in [0.25, 0.3) is 0 Å². The second-order valence-electron chi connectivity index (χ2n) is 5.71. The lowest BCUT2D eigenvalue weighted by atomic mass is 9.97. The number of rotatable bonds is 7. The molecule has 0 saturated carbocycles. The number of anilines is 1. The predicted molar refractivity (Wildman–Crippen MR) is 82.3 cm³/mol. The highest BCUT2D eigenvalue weighted by Gasteiger charge is 2.22. The van der Waals surface area contributed by atoms with Gasteiger partial charge in [-0.2, -0.15) is 0 Å². The largest absolute Gasteiger partial charge is 0.385 e. The van der Waals surface area contributed by atoms with Crippen molar-refractivity contribution in [2.45, 2.75) is 32.7 Å². The topological polar surface area (TPSA) is 42.3 Å². The third-order valence-corrected chi connectivity index (χ3v) is 4.01. The van der Waals surface area contributed by atoms with E-state index in [1.807, 2.05) is 7.05 Å². The maximum Gasteiger partial charge on any atom is 0.205 e. The van der Waals surface area contributed by atoms with E-state index in [1.165, 1.54) is 12.8 Å². The van der Waals surface area contributed by atoms with E-state index in [0.29, 0.717) is 0 Å². The molecule has 1 aliphatic heterocycles. The highest BCUT2D eigenvalue weighted by molar-refractivity contribution is 5.34. The zero-order chi connectivity index (χ0) is 14.4. The molecule has 1 aromatic rings. The molecule has 114 valence electrons. The summed E-state index contributed by atoms with van der Waals surface area (Å²) in [6.07, 6.45) is 5.70. The third kappa shape index (κ3) is 3.96. The van der Waals surface area contributed by atoms with Crippen molar-refractivity contribution < 1.29 is 4.74 Å². The SMILES string of the molecule is CNCC1CCN(c2nc(C)cn2CCCOC)CC1. The molecule has 5 heteroatoms. The van der Waals surface area contributed by atoms with Crippen LogP contribution in [-0.4, -0.2) is 49.9 Å². The highest BCUT2D eigenvalue weighted by Crippen LogP contribution is 2.23. The molecule has 0 unspecified atom stereocenters. The number of methoxy groups -OCH3 is 1. The van der Waals surface area contributed by atoms with Crippen LogP contribution in [0.4, 0.5) is 5.95 Å². The van der Waals surface area contributed by atoms with Gasteiger partial charge in [0.15, 0.2) is 0 Å². The molecular weight excluding hydrogens is 252 g/mol. The average molecular weight is 280 g/mol. The van der Waals surface area contributed by atoms with Crippen molar-refractivity contribution in [2.24, 2.45) is 5.92 Å². The molecule has 0 amide bonds. The van der Waals surface area contributed by atoms with E-state index in [9.17, 15) is 0 Å². The first kappa shape index (κ1) is 15.3. The molecule has 0 aliphatic carbocycles. The molecule has 20 heavy (non-hydrogen) atoms. The molecule has 1 aliphatic rings. The number of imidazole rings is 1. The van der Waals surface area contributed by atoms with Crippen LogP contribution < -0.4 is 10.2 Å². The number of aromatic nitrogens is 2. The van der Waals surface area contributed by atoms with Gasteiger partial charge in [-0.05, 0) is 45.7 Å². The number of hydrogen-bond acceptors (Lipinski definition) is 4. The third-order valence-electron chi connectivity index (χ3n) is 4.01. The van der Waals surface area contributed by atoms with Gasteiger partial charge in [0.05, 0.1) is 5.69 Å². The Balaban J connectivity index is 1.94. The summed E-state index contributed by atoms with van der Waals surface area (Å²) in [4.78, 5) is 7.15. The summed E-state index contributed by atoms with van der Waals surface area (Å²) in [5.41, 5.74) is 1.11. The molecule has 0 radical (unpaired) electrons. The second kappa shape index (κ2) is 7.64. The van der Waals surface area contributed by atoms with Crippen molar-refractivity contribution in [3.05, 3.63) is 11.9 Å². The lowest BCUT2D eigenvalue weighted by Gasteiger charge is -2.33. The van der Waals surface area contributed by atoms with Crippen LogP contribution in [0, 0.1) is 12.8 Å². The molecule has 1 fully saturated rings. The van der Waals surface area contributed by atoms with Gasteiger partial charge < -0.3 is 19.5 Å². The Morgan fingerprint density at radius 1 is 1.40 bits per heavy atom. The van der Waals surface area contributed by atoms with Gasteiger partial charge in [-0.1, -0.05) is 0 Å². The molecule has 2 heterocycles. The van der Waals surface area contributed by atoms with E-state index in [4.69, 9.17) is 9.72 Å². The van der Waals surface area contributed by atoms with Gasteiger partial charge in [-0.15, -0.1) is 0 Å². The van der Waals surface area contributed by atoms with Crippen molar-refractivity contribution in [3.8, 4) is 0 Å². The first-order valence-electron chi connectivity index (χ1n) is 7.67. The van der Waals surface area contributed by atoms with Crippen molar-refractivity contribution in [1.29, 1.82) is 0 Å². The normalized spacial score (nSPS) is 16.9. The van der Waals surface area contributed by atoms with Gasteiger partial charge in [-0.3, -0.25) is 0 Å². The summed E-state index contributed by atoms with van der Waals surface area (Å²) in [5.74, 6) is 1.95. The Morgan fingerprint density at radius 3 is 2.80 bits per heavy atom. The maximum absolute atomic E-state index is 5.14. The van der Waals surface area contributed by atoms with Gasteiger partial charge >= 0.3 is 0 Å². The Hall–Kier alpha value is -1.07. The lowest BCUT2D eigenvalue weighted by Crippen LogP contribution is -2.38. The van der Waals surface area contributed by atoms with Crippen LogP contribution in [0.2, 0.25) is 0 Å². The van der Waals surface area contributed by atoms with Crippen molar-refractivity contribution in [2.75, 3.05) is 45.3 Å². The van der Waals surface area contributed by atoms with Crippen LogP contribution in [0.1, 0.15) is 25.0 Å². The minimum atomic E-state index is 0.806. The molecule has 0 aromatic carbocycles. The minimum absolute atomic E-state index is 0.806. The van der Waals surface area contributed by atoms with Crippen molar-refractivity contribution >= 4 is 5.95 Å². The first-order valence-corrected chi connectivity index (χ1v) is 7.67. The number of ether oxygens (including phenoxy) is 1. The first-order chi connectivity index (χ1) is 9.74. The predicted octanol–water partition coefficient (Wildman–Crippen LogP) is 1.66. The molecule has 1 saturated heterocycles. The van der Waals surface area contributed by atoms with Crippen molar-refractivity contribution in [1.82, 2.24) is 14.9 Å². The van der Waals surface area contributed by atoms with E-state index >= 15 is 0 Å². The smallest absolute Gasteiger partial charge is 0.205 e. The average Bonchev–Trinajstić information content (AvgIpc) is 2.81. The van der Waals surface area contributed by atoms with Gasteiger partial charge in [0, 0.05) is 39.5 Å². The molecular formula is C15H28N4O. The number of aryl methyl sites for hydroxylation is 2. The van der Waals surface area contributed by atoms with Crippen LogP contribution >= 0.6 is 0 Å². The van der Waals surface area contributed by atoms with Gasteiger partial charge in [0.25, 0.3) is 0 Å². The Morgan fingerprint density at radius 2 is 2.15 bits per heavy atom. The lowest BCUT2D eigenvalue weighted by molar-refractivity contribution is 0.190. The molecule has 0 bridgehead atoms. The fourth-order valence-corrected chi connectivity index (χ4v) is 2.96. The van der Waals surface area contributed by atoms with E-state index in [2.05, 4.69) is 27.9 Å². The Bertz CT molecular complexity index is 397. The van der Waals surface area contributed by atoms with Gasteiger partial charge in [0.2, 0.25) is 5.95 Å². The quantitative estimate of drug-likeness (QED) is 0.772. The maximum atomic E-state index is 5.14.